The van der Waals surface area contributed by atoms with Crippen LogP contribution < -0.4 is 21.6 Å². The van der Waals surface area contributed by atoms with Crippen LogP contribution >= 0.6 is 0 Å². The Labute approximate surface area is 211 Å². The Hall–Kier alpha value is -4.40. The van der Waals surface area contributed by atoms with Gasteiger partial charge in [-0.2, -0.15) is 0 Å². The number of aromatic nitrogens is 1. The van der Waals surface area contributed by atoms with Gasteiger partial charge in [-0.25, -0.2) is 10.8 Å². The number of hydrogen-bond acceptors (Lipinski definition) is 8. The first kappa shape index (κ1) is 26.2. The van der Waals surface area contributed by atoms with Crippen molar-refractivity contribution in [3.8, 4) is 23.0 Å². The van der Waals surface area contributed by atoms with Gasteiger partial charge in [0, 0.05) is 24.0 Å². The molecular weight excluding hydrogens is 454 g/mol. The zero-order chi connectivity index (χ0) is 25.8. The van der Waals surface area contributed by atoms with Gasteiger partial charge in [0.2, 0.25) is 5.89 Å². The molecule has 0 aliphatic heterocycles. The molecule has 0 unspecified atom stereocenters. The highest BCUT2D eigenvalue weighted by atomic mass is 16.5. The number of aryl methyl sites for hydroxylation is 1. The first-order chi connectivity index (χ1) is 17.5. The number of oxazole rings is 1. The van der Waals surface area contributed by atoms with Gasteiger partial charge < -0.3 is 25.2 Å². The Morgan fingerprint density at radius 3 is 2.44 bits per heavy atom. The van der Waals surface area contributed by atoms with Crippen LogP contribution in [-0.4, -0.2) is 29.9 Å². The number of benzene rings is 3. The predicted octanol–water partition coefficient (Wildman–Crippen LogP) is 4.64. The van der Waals surface area contributed by atoms with Gasteiger partial charge in [0.1, 0.15) is 23.5 Å². The fourth-order valence-electron chi connectivity index (χ4n) is 3.22. The maximum atomic E-state index is 10.4. The molecule has 3 aromatic carbocycles. The maximum absolute atomic E-state index is 10.4. The maximum Gasteiger partial charge on any atom is 0.226 e. The van der Waals surface area contributed by atoms with Gasteiger partial charge in [-0.1, -0.05) is 48.0 Å². The average Bonchev–Trinajstić information content (AvgIpc) is 3.35. The average molecular weight is 486 g/mol. The molecule has 5 N–H and O–H groups in total. The molecular formula is C28H31N5O3. The molecule has 0 atom stereocenters. The summed E-state index contributed by atoms with van der Waals surface area (Å²) in [6, 6.07) is 25.3. The SMILES string of the molecule is CNC/C(N)=C/N(N)Cc1cccc(Oc2ccccc2)c1.Cc1ccc(-c2nc(C=O)co2)cc1. The predicted molar refractivity (Wildman–Crippen MR) is 141 cm³/mol. The third kappa shape index (κ3) is 8.43. The summed E-state index contributed by atoms with van der Waals surface area (Å²) in [5.74, 6) is 8.02. The third-order valence-corrected chi connectivity index (χ3v) is 4.90. The number of hydrazine groups is 1. The van der Waals surface area contributed by atoms with Crippen molar-refractivity contribution in [3.05, 3.63) is 114 Å². The van der Waals surface area contributed by atoms with E-state index in [4.69, 9.17) is 20.7 Å². The van der Waals surface area contributed by atoms with Gasteiger partial charge in [0.05, 0.1) is 6.54 Å². The molecule has 1 aromatic heterocycles. The van der Waals surface area contributed by atoms with E-state index in [9.17, 15) is 4.79 Å². The number of rotatable bonds is 9. The van der Waals surface area contributed by atoms with Crippen molar-refractivity contribution in [1.82, 2.24) is 15.3 Å². The molecule has 0 radical (unpaired) electrons. The topological polar surface area (TPSA) is 120 Å². The largest absolute Gasteiger partial charge is 0.457 e. The number of nitrogens with zero attached hydrogens (tertiary/aromatic N) is 2. The molecule has 0 amide bonds. The minimum absolute atomic E-state index is 0.320. The Balaban J connectivity index is 0.000000221. The molecule has 4 rings (SSSR count). The number of carbonyl (C=O) groups excluding carboxylic acids is 1. The van der Waals surface area contributed by atoms with Gasteiger partial charge in [0.15, 0.2) is 6.29 Å². The van der Waals surface area contributed by atoms with Crippen molar-refractivity contribution in [2.24, 2.45) is 11.6 Å². The van der Waals surface area contributed by atoms with E-state index in [0.717, 1.165) is 22.6 Å². The van der Waals surface area contributed by atoms with Gasteiger partial charge in [-0.3, -0.25) is 4.79 Å². The number of nitrogens with one attached hydrogen (secondary N) is 1. The smallest absolute Gasteiger partial charge is 0.226 e. The van der Waals surface area contributed by atoms with Crippen molar-refractivity contribution in [2.75, 3.05) is 13.6 Å². The number of likely N-dealkylation sites (N-methyl/N-ethyl adjacent to an activating group) is 1. The highest BCUT2D eigenvalue weighted by Crippen LogP contribution is 2.22. The van der Waals surface area contributed by atoms with Gasteiger partial charge in [-0.15, -0.1) is 0 Å². The van der Waals surface area contributed by atoms with Crippen LogP contribution in [0.3, 0.4) is 0 Å². The molecule has 0 fully saturated rings. The number of para-hydroxylation sites is 1. The molecule has 8 heteroatoms. The van der Waals surface area contributed by atoms with E-state index >= 15 is 0 Å². The Bertz CT molecular complexity index is 1250. The summed E-state index contributed by atoms with van der Waals surface area (Å²) in [6.07, 6.45) is 3.74. The van der Waals surface area contributed by atoms with E-state index in [1.807, 2.05) is 92.8 Å². The second kappa shape index (κ2) is 13.5. The Morgan fingerprint density at radius 1 is 1.06 bits per heavy atom. The summed E-state index contributed by atoms with van der Waals surface area (Å²) < 4.78 is 10.9. The van der Waals surface area contributed by atoms with E-state index in [0.29, 0.717) is 36.7 Å². The summed E-state index contributed by atoms with van der Waals surface area (Å²) in [7, 11) is 1.84. The van der Waals surface area contributed by atoms with Crippen LogP contribution in [0.5, 0.6) is 11.5 Å². The Kier molecular flexibility index (Phi) is 9.81. The van der Waals surface area contributed by atoms with Gasteiger partial charge in [-0.05, 0) is 55.9 Å². The summed E-state index contributed by atoms with van der Waals surface area (Å²) in [5.41, 5.74) is 9.93. The number of hydrogen-bond donors (Lipinski definition) is 3. The minimum Gasteiger partial charge on any atom is -0.457 e. The lowest BCUT2D eigenvalue weighted by atomic mass is 10.1. The summed E-state index contributed by atoms with van der Waals surface area (Å²) in [6.45, 7) is 3.16. The molecule has 0 bridgehead atoms. The van der Waals surface area contributed by atoms with Crippen molar-refractivity contribution in [2.45, 2.75) is 13.5 Å². The van der Waals surface area contributed by atoms with E-state index < -0.39 is 0 Å². The van der Waals surface area contributed by atoms with E-state index in [2.05, 4.69) is 10.3 Å². The lowest BCUT2D eigenvalue weighted by molar-refractivity contribution is 0.111. The fraction of sp³-hybridized carbons (Fsp3) is 0.143. The van der Waals surface area contributed by atoms with E-state index in [1.54, 1.807) is 11.2 Å². The second-order valence-electron chi connectivity index (χ2n) is 8.03. The number of carbonyl (C=O) groups is 1. The number of nitrogens with two attached hydrogens (primary N) is 2. The second-order valence-corrected chi connectivity index (χ2v) is 8.03. The summed E-state index contributed by atoms with van der Waals surface area (Å²) in [4.78, 5) is 14.4. The quantitative estimate of drug-likeness (QED) is 0.178. The van der Waals surface area contributed by atoms with Crippen molar-refractivity contribution in [3.63, 3.8) is 0 Å². The first-order valence-corrected chi connectivity index (χ1v) is 11.4. The summed E-state index contributed by atoms with van der Waals surface area (Å²) >= 11 is 0. The van der Waals surface area contributed by atoms with Crippen LogP contribution in [0.1, 0.15) is 21.6 Å². The first-order valence-electron chi connectivity index (χ1n) is 11.4. The van der Waals surface area contributed by atoms with Crippen LogP contribution in [0.25, 0.3) is 11.5 Å². The van der Waals surface area contributed by atoms with Crippen molar-refractivity contribution >= 4 is 6.29 Å². The van der Waals surface area contributed by atoms with Crippen LogP contribution in [0.4, 0.5) is 0 Å². The monoisotopic (exact) mass is 485 g/mol. The van der Waals surface area contributed by atoms with Crippen LogP contribution in [0, 0.1) is 6.92 Å². The molecule has 8 nitrogen and oxygen atoms in total. The van der Waals surface area contributed by atoms with Crippen LogP contribution in [-0.2, 0) is 6.54 Å². The van der Waals surface area contributed by atoms with Crippen LogP contribution in [0.15, 0.2) is 101 Å². The molecule has 0 aliphatic carbocycles. The normalized spacial score (nSPS) is 10.8. The van der Waals surface area contributed by atoms with Crippen LogP contribution in [0.2, 0.25) is 0 Å². The van der Waals surface area contributed by atoms with Gasteiger partial charge >= 0.3 is 0 Å². The molecule has 36 heavy (non-hydrogen) atoms. The summed E-state index contributed by atoms with van der Waals surface area (Å²) in [5, 5.41) is 4.54. The Morgan fingerprint density at radius 2 is 1.78 bits per heavy atom. The fourth-order valence-corrected chi connectivity index (χ4v) is 3.22. The number of aldehydes is 1. The highest BCUT2D eigenvalue weighted by molar-refractivity contribution is 5.72. The molecule has 0 spiro atoms. The molecule has 186 valence electrons. The van der Waals surface area contributed by atoms with E-state index in [1.165, 1.54) is 11.8 Å². The highest BCUT2D eigenvalue weighted by Gasteiger charge is 2.05. The molecule has 4 aromatic rings. The molecule has 1 heterocycles. The third-order valence-electron chi connectivity index (χ3n) is 4.90. The lowest BCUT2D eigenvalue weighted by Crippen LogP contribution is -2.28. The van der Waals surface area contributed by atoms with E-state index in [-0.39, 0.29) is 0 Å². The number of ether oxygens (including phenoxy) is 1. The van der Waals surface area contributed by atoms with Crippen molar-refractivity contribution in [1.29, 1.82) is 0 Å². The van der Waals surface area contributed by atoms with Gasteiger partial charge in [0.25, 0.3) is 0 Å². The molecule has 0 aliphatic rings. The zero-order valence-electron chi connectivity index (χ0n) is 20.4. The minimum atomic E-state index is 0.320. The lowest BCUT2D eigenvalue weighted by Gasteiger charge is -2.16. The standard InChI is InChI=1S/C17H22N4O.C11H9NO2/c1-20-11-15(18)13-21(19)12-14-6-5-9-17(10-14)22-16-7-3-2-4-8-16;1-8-2-4-9(5-3-8)11-12-10(6-13)7-14-11/h2-10,13,20H,11-12,18-19H2,1H3;2-7H,1H3/b15-13-;. The molecule has 0 saturated heterocycles. The zero-order valence-corrected chi connectivity index (χ0v) is 20.4. The molecule has 0 saturated carbocycles. The van der Waals surface area contributed by atoms with Crippen molar-refractivity contribution < 1.29 is 13.9 Å².